The van der Waals surface area contributed by atoms with Gasteiger partial charge in [0.05, 0.1) is 12.1 Å². The fourth-order valence-electron chi connectivity index (χ4n) is 2.77. The maximum absolute atomic E-state index is 13.0. The van der Waals surface area contributed by atoms with Crippen LogP contribution < -0.4 is 14.8 Å². The molecule has 0 heterocycles. The molecule has 2 amide bonds. The number of carbonyl (C=O) groups is 2. The van der Waals surface area contributed by atoms with E-state index in [1.54, 1.807) is 32.2 Å². The third-order valence-electron chi connectivity index (χ3n) is 4.33. The van der Waals surface area contributed by atoms with Gasteiger partial charge in [0.25, 0.3) is 5.91 Å². The number of nitrogens with zero attached hydrogens (tertiary/aromatic N) is 1. The van der Waals surface area contributed by atoms with Crippen LogP contribution in [0.5, 0.6) is 11.5 Å². The van der Waals surface area contributed by atoms with E-state index < -0.39 is 6.04 Å². The van der Waals surface area contributed by atoms with Crippen LogP contribution in [-0.2, 0) is 16.1 Å². The minimum atomic E-state index is -0.685. The molecule has 2 rings (SSSR count). The summed E-state index contributed by atoms with van der Waals surface area (Å²) in [4.78, 5) is 27.1. The summed E-state index contributed by atoms with van der Waals surface area (Å²) >= 11 is 9.50. The molecule has 6 nitrogen and oxygen atoms in total. The van der Waals surface area contributed by atoms with Gasteiger partial charge in [0.15, 0.2) is 6.61 Å². The molecule has 0 aliphatic rings. The molecule has 0 radical (unpaired) electrons. The van der Waals surface area contributed by atoms with E-state index >= 15 is 0 Å². The first-order valence-corrected chi connectivity index (χ1v) is 10.7. The second-order valence-electron chi connectivity index (χ2n) is 7.08. The first-order chi connectivity index (χ1) is 14.2. The van der Waals surface area contributed by atoms with Crippen LogP contribution in [0.4, 0.5) is 0 Å². The Balaban J connectivity index is 2.19. The van der Waals surface area contributed by atoms with Crippen molar-refractivity contribution in [2.45, 2.75) is 39.4 Å². The number of nitrogens with one attached hydrogen (secondary N) is 1. The number of hydrogen-bond donors (Lipinski definition) is 1. The lowest BCUT2D eigenvalue weighted by Crippen LogP contribution is -2.50. The van der Waals surface area contributed by atoms with E-state index in [0.29, 0.717) is 16.5 Å². The highest BCUT2D eigenvalue weighted by Crippen LogP contribution is 2.28. The standard InChI is InChI=1S/C22H26BrClN2O4/c1-14(2)25-22(28)15(3)26(12-16-6-5-7-18(10-16)29-4)21(27)13-30-20-9-8-17(23)11-19(20)24/h5-11,14-15H,12-13H2,1-4H3,(H,25,28)/t15-/m0/s1. The van der Waals surface area contributed by atoms with Gasteiger partial charge in [0, 0.05) is 17.1 Å². The summed E-state index contributed by atoms with van der Waals surface area (Å²) < 4.78 is 11.7. The first-order valence-electron chi connectivity index (χ1n) is 9.52. The zero-order chi connectivity index (χ0) is 22.3. The Bertz CT molecular complexity index is 891. The SMILES string of the molecule is COc1cccc(CN(C(=O)COc2ccc(Br)cc2Cl)[C@@H](C)C(=O)NC(C)C)c1. The van der Waals surface area contributed by atoms with Crippen LogP contribution in [-0.4, -0.2) is 42.5 Å². The molecule has 0 saturated carbocycles. The quantitative estimate of drug-likeness (QED) is 0.556. The monoisotopic (exact) mass is 496 g/mol. The summed E-state index contributed by atoms with van der Waals surface area (Å²) in [5, 5.41) is 3.24. The summed E-state index contributed by atoms with van der Waals surface area (Å²) in [5.41, 5.74) is 0.841. The van der Waals surface area contributed by atoms with Crippen molar-refractivity contribution in [2.75, 3.05) is 13.7 Å². The van der Waals surface area contributed by atoms with Gasteiger partial charge in [-0.15, -0.1) is 0 Å². The average molecular weight is 498 g/mol. The second kappa shape index (κ2) is 11.2. The van der Waals surface area contributed by atoms with Crippen molar-refractivity contribution in [3.63, 3.8) is 0 Å². The largest absolute Gasteiger partial charge is 0.497 e. The molecule has 0 bridgehead atoms. The van der Waals surface area contributed by atoms with Crippen molar-refractivity contribution in [1.82, 2.24) is 10.2 Å². The molecule has 0 aliphatic carbocycles. The van der Waals surface area contributed by atoms with Gasteiger partial charge in [-0.3, -0.25) is 9.59 Å². The molecule has 2 aromatic carbocycles. The van der Waals surface area contributed by atoms with Crippen LogP contribution in [0.3, 0.4) is 0 Å². The molecule has 0 fully saturated rings. The number of methoxy groups -OCH3 is 1. The van der Waals surface area contributed by atoms with Crippen LogP contribution in [0.15, 0.2) is 46.9 Å². The van der Waals surface area contributed by atoms with E-state index in [0.717, 1.165) is 10.0 Å². The molecule has 0 spiro atoms. The van der Waals surface area contributed by atoms with Crippen molar-refractivity contribution in [3.05, 3.63) is 57.5 Å². The minimum Gasteiger partial charge on any atom is -0.497 e. The van der Waals surface area contributed by atoms with Crippen LogP contribution in [0.1, 0.15) is 26.3 Å². The average Bonchev–Trinajstić information content (AvgIpc) is 2.70. The number of amides is 2. The van der Waals surface area contributed by atoms with Gasteiger partial charge < -0.3 is 19.7 Å². The van der Waals surface area contributed by atoms with Crippen LogP contribution in [0, 0.1) is 0 Å². The Kier molecular flexibility index (Phi) is 8.99. The van der Waals surface area contributed by atoms with Crippen LogP contribution in [0.25, 0.3) is 0 Å². The number of halogens is 2. The summed E-state index contributed by atoms with van der Waals surface area (Å²) in [6.07, 6.45) is 0. The molecule has 0 unspecified atom stereocenters. The fraction of sp³-hybridized carbons (Fsp3) is 0.364. The molecule has 0 aromatic heterocycles. The maximum atomic E-state index is 13.0. The van der Waals surface area contributed by atoms with Crippen molar-refractivity contribution >= 4 is 39.3 Å². The zero-order valence-corrected chi connectivity index (χ0v) is 19.8. The number of benzene rings is 2. The smallest absolute Gasteiger partial charge is 0.261 e. The molecule has 30 heavy (non-hydrogen) atoms. The lowest BCUT2D eigenvalue weighted by Gasteiger charge is -2.29. The summed E-state index contributed by atoms with van der Waals surface area (Å²) in [6, 6.07) is 11.8. The van der Waals surface area contributed by atoms with Crippen LogP contribution >= 0.6 is 27.5 Å². The summed E-state index contributed by atoms with van der Waals surface area (Å²) in [6.45, 7) is 5.43. The van der Waals surface area contributed by atoms with E-state index in [-0.39, 0.29) is 31.0 Å². The summed E-state index contributed by atoms with van der Waals surface area (Å²) in [7, 11) is 1.58. The highest BCUT2D eigenvalue weighted by molar-refractivity contribution is 9.10. The van der Waals surface area contributed by atoms with Gasteiger partial charge >= 0.3 is 0 Å². The van der Waals surface area contributed by atoms with Crippen LogP contribution in [0.2, 0.25) is 5.02 Å². The Morgan fingerprint density at radius 2 is 1.90 bits per heavy atom. The third kappa shape index (κ3) is 6.92. The predicted molar refractivity (Wildman–Crippen MR) is 121 cm³/mol. The molecule has 0 aliphatic heterocycles. The van der Waals surface area contributed by atoms with Crippen molar-refractivity contribution in [2.24, 2.45) is 0 Å². The topological polar surface area (TPSA) is 67.9 Å². The third-order valence-corrected chi connectivity index (χ3v) is 5.12. The fourth-order valence-corrected chi connectivity index (χ4v) is 3.50. The van der Waals surface area contributed by atoms with Gasteiger partial charge in [-0.05, 0) is 56.7 Å². The van der Waals surface area contributed by atoms with E-state index in [1.807, 2.05) is 38.1 Å². The Morgan fingerprint density at radius 1 is 1.17 bits per heavy atom. The Hall–Kier alpha value is -2.25. The molecular formula is C22H26BrClN2O4. The highest BCUT2D eigenvalue weighted by Gasteiger charge is 2.27. The highest BCUT2D eigenvalue weighted by atomic mass is 79.9. The number of rotatable bonds is 9. The molecule has 8 heteroatoms. The molecular weight excluding hydrogens is 472 g/mol. The minimum absolute atomic E-state index is 0.0356. The molecule has 2 aromatic rings. The van der Waals surface area contributed by atoms with Crippen molar-refractivity contribution < 1.29 is 19.1 Å². The van der Waals surface area contributed by atoms with Gasteiger partial charge in [0.2, 0.25) is 5.91 Å². The van der Waals surface area contributed by atoms with Gasteiger partial charge in [-0.2, -0.15) is 0 Å². The van der Waals surface area contributed by atoms with Gasteiger partial charge in [-0.1, -0.05) is 39.7 Å². The lowest BCUT2D eigenvalue weighted by molar-refractivity contribution is -0.142. The number of hydrogen-bond acceptors (Lipinski definition) is 4. The first kappa shape index (κ1) is 24.0. The Morgan fingerprint density at radius 3 is 2.53 bits per heavy atom. The van der Waals surface area contributed by atoms with E-state index in [9.17, 15) is 9.59 Å². The normalized spacial score (nSPS) is 11.7. The molecule has 162 valence electrons. The predicted octanol–water partition coefficient (Wildman–Crippen LogP) is 4.43. The number of carbonyl (C=O) groups excluding carboxylic acids is 2. The van der Waals surface area contributed by atoms with Crippen molar-refractivity contribution in [3.8, 4) is 11.5 Å². The maximum Gasteiger partial charge on any atom is 0.261 e. The molecule has 1 N–H and O–H groups in total. The Labute approximate surface area is 190 Å². The second-order valence-corrected chi connectivity index (χ2v) is 8.40. The van der Waals surface area contributed by atoms with E-state index in [2.05, 4.69) is 21.2 Å². The molecule has 0 saturated heterocycles. The number of ether oxygens (including phenoxy) is 2. The van der Waals surface area contributed by atoms with Gasteiger partial charge in [0.1, 0.15) is 17.5 Å². The molecule has 1 atom stereocenters. The van der Waals surface area contributed by atoms with E-state index in [4.69, 9.17) is 21.1 Å². The summed E-state index contributed by atoms with van der Waals surface area (Å²) in [5.74, 6) is 0.511. The van der Waals surface area contributed by atoms with Crippen molar-refractivity contribution in [1.29, 1.82) is 0 Å². The zero-order valence-electron chi connectivity index (χ0n) is 17.4. The van der Waals surface area contributed by atoms with E-state index in [1.165, 1.54) is 4.90 Å². The lowest BCUT2D eigenvalue weighted by atomic mass is 10.1. The van der Waals surface area contributed by atoms with Gasteiger partial charge in [-0.25, -0.2) is 0 Å².